The SMILES string of the molecule is O=c1/c(=C\c2cccc([N+](=O)[O-])c2)sc2nc(-c3cccc(-c4nc5s/c(=C/c6cccc([N+](=O)[O-])c6)c(=O)n5n4)c3)nn12. The average molecular weight is 623 g/mol. The molecule has 44 heavy (non-hydrogen) atoms. The number of thiazole rings is 2. The van der Waals surface area contributed by atoms with Gasteiger partial charge in [-0.2, -0.15) is 19.0 Å². The van der Waals surface area contributed by atoms with Crippen LogP contribution in [-0.4, -0.2) is 39.0 Å². The van der Waals surface area contributed by atoms with Crippen molar-refractivity contribution in [1.82, 2.24) is 29.2 Å². The monoisotopic (exact) mass is 622 g/mol. The minimum absolute atomic E-state index is 0.0781. The van der Waals surface area contributed by atoms with Crippen molar-refractivity contribution in [3.05, 3.63) is 134 Å². The number of hydrogen-bond acceptors (Lipinski definition) is 12. The lowest BCUT2D eigenvalue weighted by Gasteiger charge is -1.98. The largest absolute Gasteiger partial charge is 0.291 e. The van der Waals surface area contributed by atoms with Crippen LogP contribution in [0.1, 0.15) is 11.1 Å². The molecule has 0 atom stereocenters. The Hall–Kier alpha value is -6.00. The Kier molecular flexibility index (Phi) is 6.33. The second-order valence-electron chi connectivity index (χ2n) is 9.38. The normalized spacial score (nSPS) is 12.5. The van der Waals surface area contributed by atoms with Gasteiger partial charge in [0.15, 0.2) is 11.6 Å². The van der Waals surface area contributed by atoms with Crippen molar-refractivity contribution in [2.45, 2.75) is 0 Å². The Morgan fingerprint density at radius 2 is 1.07 bits per heavy atom. The first-order valence-corrected chi connectivity index (χ1v) is 14.3. The third-order valence-corrected chi connectivity index (χ3v) is 8.42. The second-order valence-corrected chi connectivity index (χ2v) is 11.4. The van der Waals surface area contributed by atoms with Gasteiger partial charge in [0.25, 0.3) is 22.5 Å². The lowest BCUT2D eigenvalue weighted by Crippen LogP contribution is -2.23. The minimum Gasteiger partial charge on any atom is -0.266 e. The molecule has 4 aromatic heterocycles. The van der Waals surface area contributed by atoms with Crippen molar-refractivity contribution in [1.29, 1.82) is 0 Å². The fraction of sp³-hybridized carbons (Fsp3) is 0. The van der Waals surface area contributed by atoms with E-state index in [0.29, 0.717) is 52.9 Å². The van der Waals surface area contributed by atoms with Crippen LogP contribution >= 0.6 is 22.7 Å². The van der Waals surface area contributed by atoms with Gasteiger partial charge in [0.1, 0.15) is 0 Å². The van der Waals surface area contributed by atoms with E-state index in [1.54, 1.807) is 60.7 Å². The third-order valence-electron chi connectivity index (χ3n) is 6.50. The average Bonchev–Trinajstić information content (AvgIpc) is 3.77. The van der Waals surface area contributed by atoms with Gasteiger partial charge in [-0.1, -0.05) is 65.1 Å². The summed E-state index contributed by atoms with van der Waals surface area (Å²) in [6, 6.07) is 19.0. The molecule has 0 saturated carbocycles. The molecule has 0 amide bonds. The molecule has 0 fully saturated rings. The van der Waals surface area contributed by atoms with Gasteiger partial charge in [-0.05, 0) is 29.3 Å². The third kappa shape index (κ3) is 4.79. The zero-order valence-corrected chi connectivity index (χ0v) is 23.6. The molecule has 0 N–H and O–H groups in total. The number of fused-ring (bicyclic) bond motifs is 2. The van der Waals surface area contributed by atoms with E-state index >= 15 is 0 Å². The molecule has 0 spiro atoms. The van der Waals surface area contributed by atoms with E-state index in [2.05, 4.69) is 20.2 Å². The predicted molar refractivity (Wildman–Crippen MR) is 162 cm³/mol. The summed E-state index contributed by atoms with van der Waals surface area (Å²) in [5.41, 5.74) is 1.26. The summed E-state index contributed by atoms with van der Waals surface area (Å²) in [6.07, 6.45) is 3.12. The molecule has 0 radical (unpaired) electrons. The molecule has 0 bridgehead atoms. The number of non-ortho nitro benzene ring substituents is 2. The summed E-state index contributed by atoms with van der Waals surface area (Å²) in [7, 11) is 0. The minimum atomic E-state index is -0.500. The zero-order valence-electron chi connectivity index (χ0n) is 21.9. The molecular formula is C28H14N8O6S2. The highest BCUT2D eigenvalue weighted by Crippen LogP contribution is 2.24. The predicted octanol–water partition coefficient (Wildman–Crippen LogP) is 2.86. The van der Waals surface area contributed by atoms with Gasteiger partial charge >= 0.3 is 0 Å². The van der Waals surface area contributed by atoms with E-state index in [1.165, 1.54) is 33.3 Å². The van der Waals surface area contributed by atoms with E-state index in [0.717, 1.165) is 22.7 Å². The second kappa shape index (κ2) is 10.4. The first-order chi connectivity index (χ1) is 21.2. The Labute approximate surface area is 251 Å². The number of hydrogen-bond donors (Lipinski definition) is 0. The van der Waals surface area contributed by atoms with Crippen LogP contribution in [0.2, 0.25) is 0 Å². The van der Waals surface area contributed by atoms with Gasteiger partial charge in [-0.25, -0.2) is 0 Å². The summed E-state index contributed by atoms with van der Waals surface area (Å²) in [6.45, 7) is 0. The molecule has 0 unspecified atom stereocenters. The Morgan fingerprint density at radius 3 is 1.48 bits per heavy atom. The standard InChI is InChI=1S/C28H14N8O6S2/c37-25-21(12-15-4-1-8-19(10-15)35(39)40)43-27-29-23(31-33(25)27)17-6-3-7-18(14-17)24-30-28-34(32-24)26(38)22(44-28)13-16-5-2-9-20(11-16)36(41)42/h1-14H/b21-12+,22-13+. The smallest absolute Gasteiger partial charge is 0.266 e. The van der Waals surface area contributed by atoms with Crippen molar-refractivity contribution < 1.29 is 9.85 Å². The molecule has 0 saturated heterocycles. The lowest BCUT2D eigenvalue weighted by atomic mass is 10.1. The van der Waals surface area contributed by atoms with Crippen molar-refractivity contribution >= 4 is 56.1 Å². The fourth-order valence-electron chi connectivity index (χ4n) is 4.47. The van der Waals surface area contributed by atoms with Gasteiger partial charge in [-0.15, -0.1) is 10.2 Å². The molecule has 7 rings (SSSR count). The number of nitro groups is 2. The first-order valence-electron chi connectivity index (χ1n) is 12.7. The van der Waals surface area contributed by atoms with Gasteiger partial charge in [-0.3, -0.25) is 29.8 Å². The molecule has 0 aliphatic rings. The van der Waals surface area contributed by atoms with Crippen molar-refractivity contribution in [2.75, 3.05) is 0 Å². The number of nitro benzene ring substituents is 2. The maximum atomic E-state index is 13.0. The highest BCUT2D eigenvalue weighted by Gasteiger charge is 2.16. The Bertz CT molecular complexity index is 2360. The number of aromatic nitrogens is 6. The fourth-order valence-corrected chi connectivity index (χ4v) is 6.28. The number of benzene rings is 3. The topological polar surface area (TPSA) is 181 Å². The highest BCUT2D eigenvalue weighted by molar-refractivity contribution is 7.15. The highest BCUT2D eigenvalue weighted by atomic mass is 32.1. The van der Waals surface area contributed by atoms with E-state index in [9.17, 15) is 29.8 Å². The van der Waals surface area contributed by atoms with Crippen LogP contribution in [0.4, 0.5) is 11.4 Å². The number of nitrogens with zero attached hydrogens (tertiary/aromatic N) is 8. The van der Waals surface area contributed by atoms with Crippen LogP contribution in [0.25, 0.3) is 44.8 Å². The molecular weight excluding hydrogens is 608 g/mol. The van der Waals surface area contributed by atoms with E-state index in [1.807, 2.05) is 0 Å². The zero-order chi connectivity index (χ0) is 30.5. The summed E-state index contributed by atoms with van der Waals surface area (Å²) >= 11 is 2.23. The van der Waals surface area contributed by atoms with Crippen molar-refractivity contribution in [3.63, 3.8) is 0 Å². The van der Waals surface area contributed by atoms with Crippen molar-refractivity contribution in [2.24, 2.45) is 0 Å². The van der Waals surface area contributed by atoms with E-state index in [4.69, 9.17) is 0 Å². The van der Waals surface area contributed by atoms with E-state index < -0.39 is 21.0 Å². The molecule has 214 valence electrons. The van der Waals surface area contributed by atoms with Gasteiger partial charge in [0, 0.05) is 35.4 Å². The first kappa shape index (κ1) is 26.9. The Morgan fingerprint density at radius 1 is 0.636 bits per heavy atom. The van der Waals surface area contributed by atoms with Crippen LogP contribution in [-0.2, 0) is 0 Å². The maximum Gasteiger partial charge on any atom is 0.291 e. The summed E-state index contributed by atoms with van der Waals surface area (Å²) in [4.78, 5) is 56.9. The lowest BCUT2D eigenvalue weighted by molar-refractivity contribution is -0.385. The van der Waals surface area contributed by atoms with Crippen LogP contribution < -0.4 is 20.2 Å². The van der Waals surface area contributed by atoms with Gasteiger partial charge in [0.2, 0.25) is 9.92 Å². The van der Waals surface area contributed by atoms with Crippen LogP contribution in [0.3, 0.4) is 0 Å². The maximum absolute atomic E-state index is 13.0. The van der Waals surface area contributed by atoms with Gasteiger partial charge < -0.3 is 0 Å². The molecule has 16 heteroatoms. The molecule has 3 aromatic carbocycles. The summed E-state index contributed by atoms with van der Waals surface area (Å²) < 4.78 is 3.03. The molecule has 0 aliphatic heterocycles. The van der Waals surface area contributed by atoms with Gasteiger partial charge in [0.05, 0.1) is 18.9 Å². The quantitative estimate of drug-likeness (QED) is 0.198. The number of rotatable bonds is 6. The van der Waals surface area contributed by atoms with Crippen LogP contribution in [0.5, 0.6) is 0 Å². The molecule has 14 nitrogen and oxygen atoms in total. The molecule has 0 aliphatic carbocycles. The molecule has 4 heterocycles. The summed E-state index contributed by atoms with van der Waals surface area (Å²) in [5.74, 6) is 0.605. The van der Waals surface area contributed by atoms with E-state index in [-0.39, 0.29) is 11.4 Å². The van der Waals surface area contributed by atoms with Crippen LogP contribution in [0, 0.1) is 20.2 Å². The molecule has 7 aromatic rings. The van der Waals surface area contributed by atoms with Crippen LogP contribution in [0.15, 0.2) is 82.4 Å². The Balaban J connectivity index is 1.20. The summed E-state index contributed by atoms with van der Waals surface area (Å²) in [5, 5.41) is 30.9. The van der Waals surface area contributed by atoms with Crippen molar-refractivity contribution in [3.8, 4) is 22.8 Å².